The molecule has 2 rings (SSSR count). The molecule has 7 nitrogen and oxygen atoms in total. The third-order valence-corrected chi connectivity index (χ3v) is 5.12. The van der Waals surface area contributed by atoms with Gasteiger partial charge in [-0.1, -0.05) is 12.1 Å². The molecule has 1 fully saturated rings. The van der Waals surface area contributed by atoms with E-state index in [1.165, 1.54) is 0 Å². The van der Waals surface area contributed by atoms with Gasteiger partial charge in [-0.25, -0.2) is 13.1 Å². The van der Waals surface area contributed by atoms with Crippen LogP contribution in [-0.2, 0) is 21.3 Å². The molecular weight excluding hydrogens is 443 g/mol. The van der Waals surface area contributed by atoms with Gasteiger partial charge >= 0.3 is 0 Å². The van der Waals surface area contributed by atoms with Crippen LogP contribution in [0.1, 0.15) is 18.4 Å². The van der Waals surface area contributed by atoms with E-state index in [9.17, 15) is 8.42 Å². The van der Waals surface area contributed by atoms with Crippen LogP contribution in [0, 0.1) is 0 Å². The number of halogens is 1. The highest BCUT2D eigenvalue weighted by molar-refractivity contribution is 14.0. The van der Waals surface area contributed by atoms with E-state index in [2.05, 4.69) is 20.3 Å². The van der Waals surface area contributed by atoms with Crippen molar-refractivity contribution in [3.05, 3.63) is 29.8 Å². The molecule has 1 aromatic rings. The van der Waals surface area contributed by atoms with Crippen LogP contribution in [0.2, 0.25) is 0 Å². The maximum Gasteiger partial charge on any atom is 0.240 e. The molecule has 1 aromatic carbocycles. The van der Waals surface area contributed by atoms with Crippen LogP contribution in [0.5, 0.6) is 0 Å². The van der Waals surface area contributed by atoms with E-state index in [0.29, 0.717) is 25.7 Å². The van der Waals surface area contributed by atoms with Gasteiger partial charge < -0.3 is 15.4 Å². The lowest BCUT2D eigenvalue weighted by Crippen LogP contribution is -2.34. The molecule has 1 aliphatic heterocycles. The fourth-order valence-electron chi connectivity index (χ4n) is 2.34. The van der Waals surface area contributed by atoms with Crippen LogP contribution in [0.4, 0.5) is 0 Å². The number of guanidine groups is 1. The molecule has 1 aliphatic rings. The first-order chi connectivity index (χ1) is 11.0. The summed E-state index contributed by atoms with van der Waals surface area (Å²) in [5, 5.41) is 6.04. The number of hydrogen-bond donors (Lipinski definition) is 3. The molecule has 0 aromatic heterocycles. The number of benzene rings is 1. The van der Waals surface area contributed by atoms with Gasteiger partial charge in [0.1, 0.15) is 0 Å². The van der Waals surface area contributed by atoms with Gasteiger partial charge in [-0.3, -0.25) is 4.99 Å². The van der Waals surface area contributed by atoms with E-state index in [0.717, 1.165) is 18.4 Å². The van der Waals surface area contributed by atoms with E-state index in [1.807, 2.05) is 0 Å². The van der Waals surface area contributed by atoms with Crippen molar-refractivity contribution in [2.45, 2.75) is 30.4 Å². The SMILES string of the molecule is CN=C(NC)NCc1ccc(S(=O)(=O)NCC2CCCO2)cc1.I. The van der Waals surface area contributed by atoms with Crippen molar-refractivity contribution in [2.75, 3.05) is 27.2 Å². The molecule has 0 radical (unpaired) electrons. The summed E-state index contributed by atoms with van der Waals surface area (Å²) in [6, 6.07) is 6.79. The lowest BCUT2D eigenvalue weighted by molar-refractivity contribution is 0.114. The van der Waals surface area contributed by atoms with E-state index < -0.39 is 10.0 Å². The van der Waals surface area contributed by atoms with Crippen molar-refractivity contribution < 1.29 is 13.2 Å². The van der Waals surface area contributed by atoms with Crippen LogP contribution in [0.3, 0.4) is 0 Å². The quantitative estimate of drug-likeness (QED) is 0.330. The second-order valence-electron chi connectivity index (χ2n) is 5.31. The van der Waals surface area contributed by atoms with Crippen LogP contribution in [-0.4, -0.2) is 47.7 Å². The number of nitrogens with one attached hydrogen (secondary N) is 3. The predicted octanol–water partition coefficient (Wildman–Crippen LogP) is 1.06. The summed E-state index contributed by atoms with van der Waals surface area (Å²) in [4.78, 5) is 4.28. The number of rotatable bonds is 6. The third-order valence-electron chi connectivity index (χ3n) is 3.68. The fourth-order valence-corrected chi connectivity index (χ4v) is 3.41. The van der Waals surface area contributed by atoms with E-state index in [1.54, 1.807) is 38.4 Å². The van der Waals surface area contributed by atoms with Crippen LogP contribution in [0.25, 0.3) is 0 Å². The molecule has 0 saturated carbocycles. The second-order valence-corrected chi connectivity index (χ2v) is 7.07. The molecule has 136 valence electrons. The van der Waals surface area contributed by atoms with E-state index in [-0.39, 0.29) is 35.0 Å². The van der Waals surface area contributed by atoms with Gasteiger partial charge in [-0.15, -0.1) is 24.0 Å². The summed E-state index contributed by atoms with van der Waals surface area (Å²) in [5.74, 6) is 0.680. The molecule has 0 amide bonds. The number of sulfonamides is 1. The topological polar surface area (TPSA) is 91.8 Å². The Hall–Kier alpha value is -0.910. The van der Waals surface area contributed by atoms with Gasteiger partial charge in [0.05, 0.1) is 11.0 Å². The molecule has 9 heteroatoms. The van der Waals surface area contributed by atoms with E-state index >= 15 is 0 Å². The number of aliphatic imine (C=N–C) groups is 1. The Kier molecular flexibility index (Phi) is 8.95. The Bertz CT molecular complexity index is 629. The zero-order valence-electron chi connectivity index (χ0n) is 13.9. The number of hydrogen-bond acceptors (Lipinski definition) is 4. The smallest absolute Gasteiger partial charge is 0.240 e. The summed E-state index contributed by atoms with van der Waals surface area (Å²) >= 11 is 0. The summed E-state index contributed by atoms with van der Waals surface area (Å²) in [6.07, 6.45) is 1.88. The Balaban J connectivity index is 0.00000288. The zero-order valence-corrected chi connectivity index (χ0v) is 17.1. The Morgan fingerprint density at radius 3 is 2.58 bits per heavy atom. The molecule has 0 bridgehead atoms. The molecule has 1 atom stereocenters. The maximum atomic E-state index is 12.2. The van der Waals surface area contributed by atoms with Crippen LogP contribution < -0.4 is 15.4 Å². The summed E-state index contributed by atoms with van der Waals surface area (Å²) < 4.78 is 32.5. The highest BCUT2D eigenvalue weighted by Crippen LogP contribution is 2.14. The summed E-state index contributed by atoms with van der Waals surface area (Å²) in [7, 11) is -0.0204. The maximum absolute atomic E-state index is 12.2. The molecule has 1 heterocycles. The lowest BCUT2D eigenvalue weighted by Gasteiger charge is -2.12. The predicted molar refractivity (Wildman–Crippen MR) is 105 cm³/mol. The average molecular weight is 468 g/mol. The normalized spacial score (nSPS) is 18.1. The Morgan fingerprint density at radius 1 is 1.33 bits per heavy atom. The summed E-state index contributed by atoms with van der Waals surface area (Å²) in [6.45, 7) is 1.60. The minimum atomic E-state index is -3.49. The fraction of sp³-hybridized carbons (Fsp3) is 0.533. The van der Waals surface area contributed by atoms with Crippen molar-refractivity contribution in [1.29, 1.82) is 0 Å². The van der Waals surface area contributed by atoms with Gasteiger partial charge in [-0.05, 0) is 30.5 Å². The number of ether oxygens (including phenoxy) is 1. The largest absolute Gasteiger partial charge is 0.377 e. The van der Waals surface area contributed by atoms with Crippen LogP contribution >= 0.6 is 24.0 Å². The molecule has 0 spiro atoms. The highest BCUT2D eigenvalue weighted by Gasteiger charge is 2.20. The monoisotopic (exact) mass is 468 g/mol. The first-order valence-corrected chi connectivity index (χ1v) is 9.12. The first-order valence-electron chi connectivity index (χ1n) is 7.64. The number of nitrogens with zero attached hydrogens (tertiary/aromatic N) is 1. The van der Waals surface area contributed by atoms with Crippen molar-refractivity contribution in [2.24, 2.45) is 4.99 Å². The molecule has 3 N–H and O–H groups in total. The molecule has 1 unspecified atom stereocenters. The first kappa shape index (κ1) is 21.1. The van der Waals surface area contributed by atoms with Crippen molar-refractivity contribution in [3.63, 3.8) is 0 Å². The standard InChI is InChI=1S/C15H24N4O3S.HI/c1-16-15(17-2)18-10-12-5-7-14(8-6-12)23(20,21)19-11-13-4-3-9-22-13;/h5-8,13,19H,3-4,9-11H2,1-2H3,(H2,16,17,18);1H. The van der Waals surface area contributed by atoms with Crippen molar-refractivity contribution >= 4 is 40.0 Å². The lowest BCUT2D eigenvalue weighted by atomic mass is 10.2. The summed E-state index contributed by atoms with van der Waals surface area (Å²) in [5.41, 5.74) is 0.972. The Labute approximate surface area is 160 Å². The van der Waals surface area contributed by atoms with Gasteiger partial charge in [-0.2, -0.15) is 0 Å². The van der Waals surface area contributed by atoms with Gasteiger partial charge in [0.15, 0.2) is 5.96 Å². The molecular formula is C15H25IN4O3S. The third kappa shape index (κ3) is 6.19. The van der Waals surface area contributed by atoms with E-state index in [4.69, 9.17) is 4.74 Å². The van der Waals surface area contributed by atoms with Crippen molar-refractivity contribution in [1.82, 2.24) is 15.4 Å². The molecule has 24 heavy (non-hydrogen) atoms. The highest BCUT2D eigenvalue weighted by atomic mass is 127. The van der Waals surface area contributed by atoms with Gasteiger partial charge in [0, 0.05) is 33.8 Å². The molecule has 0 aliphatic carbocycles. The average Bonchev–Trinajstić information content (AvgIpc) is 3.08. The van der Waals surface area contributed by atoms with Crippen LogP contribution in [0.15, 0.2) is 34.2 Å². The molecule has 1 saturated heterocycles. The Morgan fingerprint density at radius 2 is 2.04 bits per heavy atom. The minimum absolute atomic E-state index is 0. The second kappa shape index (κ2) is 10.2. The minimum Gasteiger partial charge on any atom is -0.377 e. The van der Waals surface area contributed by atoms with Gasteiger partial charge in [0.25, 0.3) is 0 Å². The van der Waals surface area contributed by atoms with Crippen molar-refractivity contribution in [3.8, 4) is 0 Å². The zero-order chi connectivity index (χ0) is 16.7. The van der Waals surface area contributed by atoms with Gasteiger partial charge in [0.2, 0.25) is 10.0 Å².